The van der Waals surface area contributed by atoms with E-state index in [1.807, 2.05) is 0 Å². The number of carbonyl (C=O) groups excluding carboxylic acids is 1. The molecule has 3 rings (SSSR count). The topological polar surface area (TPSA) is 57.8 Å². The van der Waals surface area contributed by atoms with Crippen LogP contribution < -0.4 is 5.32 Å². The Hall–Kier alpha value is -1.16. The Morgan fingerprint density at radius 3 is 3.07 bits per heavy atom. The maximum Gasteiger partial charge on any atom is 0.202 e. The third-order valence-electron chi connectivity index (χ3n) is 3.37. The lowest BCUT2D eigenvalue weighted by Crippen LogP contribution is -2.19. The number of carbonyl (C=O) groups is 1. The molecule has 1 fully saturated rings. The highest BCUT2D eigenvalue weighted by Crippen LogP contribution is 2.21. The fourth-order valence-corrected chi connectivity index (χ4v) is 2.48. The van der Waals surface area contributed by atoms with Gasteiger partial charge in [-0.05, 0) is 32.2 Å². The molecule has 2 N–H and O–H groups in total. The van der Waals surface area contributed by atoms with Crippen LogP contribution in [0.25, 0.3) is 0 Å². The van der Waals surface area contributed by atoms with Crippen molar-refractivity contribution < 1.29 is 4.79 Å². The lowest BCUT2D eigenvalue weighted by atomic mass is 10.0. The van der Waals surface area contributed by atoms with Crippen LogP contribution in [0.1, 0.15) is 34.8 Å². The average Bonchev–Trinajstić information content (AvgIpc) is 2.92. The predicted molar refractivity (Wildman–Crippen MR) is 55.9 cm³/mol. The van der Waals surface area contributed by atoms with Crippen LogP contribution in [0.5, 0.6) is 0 Å². The zero-order chi connectivity index (χ0) is 10.3. The summed E-state index contributed by atoms with van der Waals surface area (Å²) in [5.41, 5.74) is 2.30. The molecule has 15 heavy (non-hydrogen) atoms. The Kier molecular flexibility index (Phi) is 2.09. The lowest BCUT2D eigenvalue weighted by molar-refractivity contribution is 0.0920. The van der Waals surface area contributed by atoms with Gasteiger partial charge in [0.15, 0.2) is 5.82 Å². The van der Waals surface area contributed by atoms with Gasteiger partial charge in [0.25, 0.3) is 0 Å². The van der Waals surface area contributed by atoms with Gasteiger partial charge in [-0.2, -0.15) is 0 Å². The number of fused-ring (bicyclic) bond motifs is 1. The van der Waals surface area contributed by atoms with E-state index >= 15 is 0 Å². The van der Waals surface area contributed by atoms with Crippen LogP contribution >= 0.6 is 0 Å². The van der Waals surface area contributed by atoms with Crippen LogP contribution in [-0.2, 0) is 12.8 Å². The molecule has 1 unspecified atom stereocenters. The second-order valence-corrected chi connectivity index (χ2v) is 4.42. The Balaban J connectivity index is 1.83. The number of aromatic amines is 1. The number of nitrogens with zero attached hydrogens (tertiary/aromatic N) is 1. The quantitative estimate of drug-likeness (QED) is 0.698. The second-order valence-electron chi connectivity index (χ2n) is 4.42. The number of Topliss-reactive ketones (excluding diaryl/α,β-unsaturated/α-hetero) is 1. The summed E-state index contributed by atoms with van der Waals surface area (Å²) in [5, 5.41) is 3.21. The molecule has 0 bridgehead atoms. The first-order valence-electron chi connectivity index (χ1n) is 5.67. The molecule has 1 aromatic rings. The number of ketones is 1. The van der Waals surface area contributed by atoms with Gasteiger partial charge in [-0.25, -0.2) is 4.98 Å². The molecule has 0 amide bonds. The third-order valence-corrected chi connectivity index (χ3v) is 3.37. The molecule has 2 heterocycles. The predicted octanol–water partition coefficient (Wildman–Crippen LogP) is 0.691. The number of aryl methyl sites for hydroxylation is 2. The third kappa shape index (κ3) is 1.49. The van der Waals surface area contributed by atoms with Crippen molar-refractivity contribution in [3.63, 3.8) is 0 Å². The van der Waals surface area contributed by atoms with Crippen molar-refractivity contribution in [2.75, 3.05) is 13.1 Å². The first-order valence-corrected chi connectivity index (χ1v) is 5.67. The number of H-pyrrole nitrogens is 1. The largest absolute Gasteiger partial charge is 0.339 e. The number of hydrogen-bond acceptors (Lipinski definition) is 3. The van der Waals surface area contributed by atoms with Crippen molar-refractivity contribution in [2.24, 2.45) is 5.92 Å². The molecular weight excluding hydrogens is 190 g/mol. The molecule has 0 saturated carbocycles. The molecule has 1 aromatic heterocycles. The SMILES string of the molecule is O=C(c1nc2c([nH]1)CCC2)C1CCNC1. The highest BCUT2D eigenvalue weighted by atomic mass is 16.1. The summed E-state index contributed by atoms with van der Waals surface area (Å²) in [6, 6.07) is 0. The minimum Gasteiger partial charge on any atom is -0.339 e. The van der Waals surface area contributed by atoms with Crippen LogP contribution in [0, 0.1) is 5.92 Å². The van der Waals surface area contributed by atoms with E-state index in [1.165, 1.54) is 12.1 Å². The molecule has 4 nitrogen and oxygen atoms in total. The summed E-state index contributed by atoms with van der Waals surface area (Å²) in [6.07, 6.45) is 4.21. The fraction of sp³-hybridized carbons (Fsp3) is 0.636. The molecule has 1 aliphatic carbocycles. The summed E-state index contributed by atoms with van der Waals surface area (Å²) < 4.78 is 0. The minimum atomic E-state index is 0.135. The number of aromatic nitrogens is 2. The summed E-state index contributed by atoms with van der Waals surface area (Å²) in [5.74, 6) is 0.916. The van der Waals surface area contributed by atoms with Gasteiger partial charge >= 0.3 is 0 Å². The molecule has 4 heteroatoms. The summed E-state index contributed by atoms with van der Waals surface area (Å²) in [6.45, 7) is 1.76. The number of hydrogen-bond donors (Lipinski definition) is 2. The highest BCUT2D eigenvalue weighted by Gasteiger charge is 2.27. The smallest absolute Gasteiger partial charge is 0.202 e. The first kappa shape index (κ1) is 9.09. The first-order chi connectivity index (χ1) is 7.34. The molecule has 0 radical (unpaired) electrons. The molecule has 1 atom stereocenters. The van der Waals surface area contributed by atoms with Crippen molar-refractivity contribution in [3.8, 4) is 0 Å². The van der Waals surface area contributed by atoms with Crippen LogP contribution in [0.2, 0.25) is 0 Å². The van der Waals surface area contributed by atoms with E-state index in [-0.39, 0.29) is 11.7 Å². The van der Waals surface area contributed by atoms with Crippen LogP contribution in [-0.4, -0.2) is 28.8 Å². The van der Waals surface area contributed by atoms with Crippen LogP contribution in [0.4, 0.5) is 0 Å². The molecular formula is C11H15N3O. The Morgan fingerprint density at radius 2 is 2.33 bits per heavy atom. The van der Waals surface area contributed by atoms with Crippen molar-refractivity contribution in [3.05, 3.63) is 17.2 Å². The van der Waals surface area contributed by atoms with Gasteiger partial charge in [0.2, 0.25) is 5.78 Å². The van der Waals surface area contributed by atoms with E-state index < -0.39 is 0 Å². The fourth-order valence-electron chi connectivity index (χ4n) is 2.48. The van der Waals surface area contributed by atoms with E-state index in [0.717, 1.165) is 38.0 Å². The zero-order valence-electron chi connectivity index (χ0n) is 8.68. The second kappa shape index (κ2) is 3.45. The van der Waals surface area contributed by atoms with E-state index in [9.17, 15) is 4.79 Å². The van der Waals surface area contributed by atoms with E-state index in [4.69, 9.17) is 0 Å². The van der Waals surface area contributed by atoms with Crippen LogP contribution in [0.15, 0.2) is 0 Å². The van der Waals surface area contributed by atoms with Gasteiger partial charge < -0.3 is 10.3 Å². The Bertz CT molecular complexity index is 369. The van der Waals surface area contributed by atoms with Crippen molar-refractivity contribution >= 4 is 5.78 Å². The Labute approximate surface area is 88.5 Å². The van der Waals surface area contributed by atoms with Crippen LogP contribution in [0.3, 0.4) is 0 Å². The van der Waals surface area contributed by atoms with E-state index in [0.29, 0.717) is 5.82 Å². The molecule has 0 spiro atoms. The van der Waals surface area contributed by atoms with E-state index in [1.54, 1.807) is 0 Å². The molecule has 1 saturated heterocycles. The van der Waals surface area contributed by atoms with Gasteiger partial charge in [0.05, 0.1) is 5.69 Å². The molecule has 80 valence electrons. The maximum absolute atomic E-state index is 12.0. The zero-order valence-corrected chi connectivity index (χ0v) is 8.68. The standard InChI is InChI=1S/C11H15N3O/c15-10(7-4-5-12-6-7)11-13-8-2-1-3-9(8)14-11/h7,12H,1-6H2,(H,13,14). The average molecular weight is 205 g/mol. The normalized spacial score (nSPS) is 24.4. The summed E-state index contributed by atoms with van der Waals surface area (Å²) in [7, 11) is 0. The number of nitrogens with one attached hydrogen (secondary N) is 2. The van der Waals surface area contributed by atoms with Gasteiger partial charge in [-0.15, -0.1) is 0 Å². The Morgan fingerprint density at radius 1 is 1.40 bits per heavy atom. The highest BCUT2D eigenvalue weighted by molar-refractivity contribution is 5.95. The number of imidazole rings is 1. The van der Waals surface area contributed by atoms with Crippen molar-refractivity contribution in [1.29, 1.82) is 0 Å². The molecule has 1 aliphatic heterocycles. The van der Waals surface area contributed by atoms with Crippen molar-refractivity contribution in [1.82, 2.24) is 15.3 Å². The molecule has 2 aliphatic rings. The molecule has 0 aromatic carbocycles. The monoisotopic (exact) mass is 205 g/mol. The summed E-state index contributed by atoms with van der Waals surface area (Å²) >= 11 is 0. The lowest BCUT2D eigenvalue weighted by Gasteiger charge is -2.03. The van der Waals surface area contributed by atoms with Crippen molar-refractivity contribution in [2.45, 2.75) is 25.7 Å². The number of rotatable bonds is 2. The minimum absolute atomic E-state index is 0.135. The van der Waals surface area contributed by atoms with E-state index in [2.05, 4.69) is 15.3 Å². The van der Waals surface area contributed by atoms with Gasteiger partial charge in [-0.1, -0.05) is 0 Å². The van der Waals surface area contributed by atoms with Gasteiger partial charge in [-0.3, -0.25) is 4.79 Å². The maximum atomic E-state index is 12.0. The summed E-state index contributed by atoms with van der Waals surface area (Å²) in [4.78, 5) is 19.6. The van der Waals surface area contributed by atoms with Gasteiger partial charge in [0, 0.05) is 18.2 Å². The van der Waals surface area contributed by atoms with Gasteiger partial charge in [0.1, 0.15) is 0 Å².